The van der Waals surface area contributed by atoms with Crippen LogP contribution in [0.4, 0.5) is 4.39 Å². The van der Waals surface area contributed by atoms with E-state index < -0.39 is 0 Å². The van der Waals surface area contributed by atoms with Crippen LogP contribution in [0.25, 0.3) is 0 Å². The van der Waals surface area contributed by atoms with Gasteiger partial charge in [0.05, 0.1) is 0 Å². The lowest BCUT2D eigenvalue weighted by atomic mass is 9.89. The average molecular weight is 250 g/mol. The molecule has 1 fully saturated rings. The second-order valence-electron chi connectivity index (χ2n) is 5.09. The predicted molar refractivity (Wildman–Crippen MR) is 72.8 cm³/mol. The van der Waals surface area contributed by atoms with Crippen molar-refractivity contribution in [3.8, 4) is 0 Å². The first-order chi connectivity index (χ1) is 8.77. The van der Waals surface area contributed by atoms with Crippen LogP contribution in [0, 0.1) is 11.7 Å². The summed E-state index contributed by atoms with van der Waals surface area (Å²) in [5.41, 5.74) is 6.73. The number of nitrogens with two attached hydrogens (primary N) is 1. The second kappa shape index (κ2) is 6.30. The van der Waals surface area contributed by atoms with Crippen LogP contribution in [-0.2, 0) is 0 Å². The number of likely N-dealkylation sites (tertiary alicyclic amines) is 1. The molecule has 0 spiro atoms. The standard InChI is InChI=1S/C15H23FN2/c1-2-18-10-6-5-7-12(11-17)15(18)13-8-3-4-9-14(13)16/h3-4,8-9,12,15H,2,5-7,10-11,17H2,1H3. The van der Waals surface area contributed by atoms with E-state index in [0.29, 0.717) is 12.5 Å². The monoisotopic (exact) mass is 250 g/mol. The Kier molecular flexibility index (Phi) is 4.72. The zero-order chi connectivity index (χ0) is 13.0. The topological polar surface area (TPSA) is 29.3 Å². The van der Waals surface area contributed by atoms with E-state index in [0.717, 1.165) is 25.1 Å². The molecule has 2 atom stereocenters. The first-order valence-corrected chi connectivity index (χ1v) is 6.96. The lowest BCUT2D eigenvalue weighted by Gasteiger charge is -2.34. The maximum absolute atomic E-state index is 14.1. The molecule has 1 heterocycles. The summed E-state index contributed by atoms with van der Waals surface area (Å²) >= 11 is 0. The largest absolute Gasteiger partial charge is 0.330 e. The van der Waals surface area contributed by atoms with Crippen LogP contribution in [0.3, 0.4) is 0 Å². The molecule has 100 valence electrons. The molecule has 2 unspecified atom stereocenters. The van der Waals surface area contributed by atoms with Crippen molar-refractivity contribution in [2.75, 3.05) is 19.6 Å². The maximum atomic E-state index is 14.1. The third-order valence-corrected chi connectivity index (χ3v) is 4.04. The Morgan fingerprint density at radius 2 is 2.11 bits per heavy atom. The second-order valence-corrected chi connectivity index (χ2v) is 5.09. The van der Waals surface area contributed by atoms with Crippen LogP contribution in [-0.4, -0.2) is 24.5 Å². The summed E-state index contributed by atoms with van der Waals surface area (Å²) in [6.45, 7) is 4.78. The highest BCUT2D eigenvalue weighted by molar-refractivity contribution is 5.22. The van der Waals surface area contributed by atoms with Gasteiger partial charge in [-0.3, -0.25) is 4.90 Å². The molecule has 0 radical (unpaired) electrons. The van der Waals surface area contributed by atoms with Crippen molar-refractivity contribution in [2.45, 2.75) is 32.2 Å². The third kappa shape index (κ3) is 2.73. The Bertz CT molecular complexity index is 367. The van der Waals surface area contributed by atoms with Crippen LogP contribution < -0.4 is 5.73 Å². The number of nitrogens with zero attached hydrogens (tertiary/aromatic N) is 1. The van der Waals surface area contributed by atoms with E-state index in [1.807, 2.05) is 12.1 Å². The SMILES string of the molecule is CCN1CCCCC(CN)C1c1ccccc1F. The van der Waals surface area contributed by atoms with Gasteiger partial charge >= 0.3 is 0 Å². The molecular weight excluding hydrogens is 227 g/mol. The quantitative estimate of drug-likeness (QED) is 0.893. The molecule has 3 heteroatoms. The fraction of sp³-hybridized carbons (Fsp3) is 0.600. The van der Waals surface area contributed by atoms with Gasteiger partial charge in [0.25, 0.3) is 0 Å². The summed E-state index contributed by atoms with van der Waals surface area (Å²) in [5.74, 6) is 0.269. The molecular formula is C15H23FN2. The van der Waals surface area contributed by atoms with Crippen molar-refractivity contribution in [2.24, 2.45) is 11.7 Å². The van der Waals surface area contributed by atoms with E-state index in [9.17, 15) is 4.39 Å². The van der Waals surface area contributed by atoms with Gasteiger partial charge < -0.3 is 5.73 Å². The Morgan fingerprint density at radius 3 is 2.78 bits per heavy atom. The van der Waals surface area contributed by atoms with Crippen molar-refractivity contribution in [3.05, 3.63) is 35.6 Å². The summed E-state index contributed by atoms with van der Waals surface area (Å²) in [5, 5.41) is 0. The summed E-state index contributed by atoms with van der Waals surface area (Å²) in [7, 11) is 0. The fourth-order valence-corrected chi connectivity index (χ4v) is 3.08. The zero-order valence-electron chi connectivity index (χ0n) is 11.1. The van der Waals surface area contributed by atoms with Crippen molar-refractivity contribution in [1.29, 1.82) is 0 Å². The summed E-state index contributed by atoms with van der Waals surface area (Å²) in [6.07, 6.45) is 3.49. The van der Waals surface area contributed by atoms with Gasteiger partial charge in [0.2, 0.25) is 0 Å². The highest BCUT2D eigenvalue weighted by Crippen LogP contribution is 2.35. The molecule has 0 aromatic heterocycles. The van der Waals surface area contributed by atoms with Crippen LogP contribution in [0.1, 0.15) is 37.8 Å². The molecule has 2 rings (SSSR count). The lowest BCUT2D eigenvalue weighted by molar-refractivity contribution is 0.162. The van der Waals surface area contributed by atoms with Gasteiger partial charge in [-0.15, -0.1) is 0 Å². The highest BCUT2D eigenvalue weighted by atomic mass is 19.1. The lowest BCUT2D eigenvalue weighted by Crippen LogP contribution is -2.36. The van der Waals surface area contributed by atoms with Crippen molar-refractivity contribution in [3.63, 3.8) is 0 Å². The fourth-order valence-electron chi connectivity index (χ4n) is 3.08. The zero-order valence-corrected chi connectivity index (χ0v) is 11.1. The van der Waals surface area contributed by atoms with Crippen LogP contribution in [0.2, 0.25) is 0 Å². The van der Waals surface area contributed by atoms with Crippen molar-refractivity contribution < 1.29 is 4.39 Å². The van der Waals surface area contributed by atoms with E-state index in [4.69, 9.17) is 5.73 Å². The normalized spacial score (nSPS) is 25.9. The van der Waals surface area contributed by atoms with Gasteiger partial charge in [0, 0.05) is 11.6 Å². The summed E-state index contributed by atoms with van der Waals surface area (Å²) in [6, 6.07) is 7.29. The summed E-state index contributed by atoms with van der Waals surface area (Å²) in [4.78, 5) is 2.38. The molecule has 0 bridgehead atoms. The Balaban J connectivity index is 2.36. The highest BCUT2D eigenvalue weighted by Gasteiger charge is 2.30. The van der Waals surface area contributed by atoms with Gasteiger partial charge in [0.1, 0.15) is 5.82 Å². The number of hydrogen-bond donors (Lipinski definition) is 1. The van der Waals surface area contributed by atoms with E-state index in [1.165, 1.54) is 12.8 Å². The molecule has 1 aromatic rings. The molecule has 0 aliphatic carbocycles. The van der Waals surface area contributed by atoms with E-state index in [1.54, 1.807) is 12.1 Å². The minimum atomic E-state index is -0.0960. The smallest absolute Gasteiger partial charge is 0.127 e. The molecule has 1 saturated heterocycles. The molecule has 18 heavy (non-hydrogen) atoms. The predicted octanol–water partition coefficient (Wildman–Crippen LogP) is 2.95. The van der Waals surface area contributed by atoms with Gasteiger partial charge in [-0.25, -0.2) is 4.39 Å². The minimum absolute atomic E-state index is 0.0960. The molecule has 1 aliphatic rings. The first-order valence-electron chi connectivity index (χ1n) is 6.96. The van der Waals surface area contributed by atoms with Gasteiger partial charge in [-0.2, -0.15) is 0 Å². The van der Waals surface area contributed by atoms with Crippen LogP contribution in [0.15, 0.2) is 24.3 Å². The molecule has 0 amide bonds. The Hall–Kier alpha value is -0.930. The van der Waals surface area contributed by atoms with Gasteiger partial charge in [-0.05, 0) is 44.5 Å². The van der Waals surface area contributed by atoms with E-state index >= 15 is 0 Å². The Morgan fingerprint density at radius 1 is 1.33 bits per heavy atom. The molecule has 0 saturated carbocycles. The molecule has 2 N–H and O–H groups in total. The molecule has 1 aromatic carbocycles. The maximum Gasteiger partial charge on any atom is 0.127 e. The molecule has 2 nitrogen and oxygen atoms in total. The number of halogens is 1. The van der Waals surface area contributed by atoms with E-state index in [-0.39, 0.29) is 11.9 Å². The van der Waals surface area contributed by atoms with Crippen molar-refractivity contribution in [1.82, 2.24) is 4.90 Å². The van der Waals surface area contributed by atoms with E-state index in [2.05, 4.69) is 11.8 Å². The van der Waals surface area contributed by atoms with Gasteiger partial charge in [0.15, 0.2) is 0 Å². The third-order valence-electron chi connectivity index (χ3n) is 4.04. The minimum Gasteiger partial charge on any atom is -0.330 e. The summed E-state index contributed by atoms with van der Waals surface area (Å²) < 4.78 is 14.1. The number of benzene rings is 1. The Labute approximate surface area is 109 Å². The number of hydrogen-bond acceptors (Lipinski definition) is 2. The average Bonchev–Trinajstić information content (AvgIpc) is 2.60. The van der Waals surface area contributed by atoms with Crippen LogP contribution >= 0.6 is 0 Å². The first kappa shape index (κ1) is 13.5. The van der Waals surface area contributed by atoms with Crippen LogP contribution in [0.5, 0.6) is 0 Å². The van der Waals surface area contributed by atoms with Crippen molar-refractivity contribution >= 4 is 0 Å². The molecule has 1 aliphatic heterocycles. The number of rotatable bonds is 3. The van der Waals surface area contributed by atoms with Gasteiger partial charge in [-0.1, -0.05) is 31.5 Å².